The number of nitrogens with zero attached hydrogens (tertiary/aromatic N) is 1. The van der Waals surface area contributed by atoms with Gasteiger partial charge in [0.05, 0.1) is 5.41 Å². The van der Waals surface area contributed by atoms with Crippen LogP contribution in [-0.2, 0) is 14.9 Å². The molecule has 26 heavy (non-hydrogen) atoms. The van der Waals surface area contributed by atoms with Crippen molar-refractivity contribution in [3.8, 4) is 0 Å². The summed E-state index contributed by atoms with van der Waals surface area (Å²) in [6.45, 7) is 7.55. The summed E-state index contributed by atoms with van der Waals surface area (Å²) >= 11 is 0. The molecule has 4 nitrogen and oxygen atoms in total. The number of nitrogens with one attached hydrogen (secondary N) is 1. The van der Waals surface area contributed by atoms with Gasteiger partial charge < -0.3 is 15.0 Å². The molecule has 0 saturated carbocycles. The molecule has 1 aromatic carbocycles. The summed E-state index contributed by atoms with van der Waals surface area (Å²) < 4.78 is 5.61. The highest BCUT2D eigenvalue weighted by atomic mass is 35.5. The lowest BCUT2D eigenvalue weighted by Gasteiger charge is -2.40. The number of carbonyl (C=O) groups excluding carboxylic acids is 1. The number of carbonyl (C=O) groups is 1. The van der Waals surface area contributed by atoms with Crippen molar-refractivity contribution in [2.24, 2.45) is 11.8 Å². The van der Waals surface area contributed by atoms with Gasteiger partial charge >= 0.3 is 0 Å². The van der Waals surface area contributed by atoms with Crippen molar-refractivity contribution in [2.45, 2.75) is 38.0 Å². The summed E-state index contributed by atoms with van der Waals surface area (Å²) in [7, 11) is 0. The third-order valence-corrected chi connectivity index (χ3v) is 6.67. The highest BCUT2D eigenvalue weighted by Gasteiger charge is 2.45. The van der Waals surface area contributed by atoms with Gasteiger partial charge in [-0.3, -0.25) is 4.79 Å². The van der Waals surface area contributed by atoms with Gasteiger partial charge in [-0.2, -0.15) is 0 Å². The van der Waals surface area contributed by atoms with E-state index in [1.807, 2.05) is 0 Å². The SMILES string of the molecule is Cc1ccc(C2(C(=O)N3CC[C@@H]4CNC[C@@H]4CC3)CCOCC2)cc1.Cl. The molecule has 4 rings (SSSR count). The van der Waals surface area contributed by atoms with E-state index in [2.05, 4.69) is 41.4 Å². The van der Waals surface area contributed by atoms with Crippen molar-refractivity contribution in [3.63, 3.8) is 0 Å². The molecule has 3 fully saturated rings. The lowest BCUT2D eigenvalue weighted by atomic mass is 9.72. The van der Waals surface area contributed by atoms with Crippen LogP contribution in [0.25, 0.3) is 0 Å². The zero-order valence-electron chi connectivity index (χ0n) is 15.7. The minimum atomic E-state index is -0.385. The average molecular weight is 379 g/mol. The highest BCUT2D eigenvalue weighted by molar-refractivity contribution is 5.88. The van der Waals surface area contributed by atoms with E-state index in [9.17, 15) is 4.79 Å². The third kappa shape index (κ3) is 3.64. The molecule has 1 amide bonds. The average Bonchev–Trinajstić information content (AvgIpc) is 3.01. The molecular weight excluding hydrogens is 348 g/mol. The molecule has 3 saturated heterocycles. The van der Waals surface area contributed by atoms with Crippen LogP contribution in [-0.4, -0.2) is 50.2 Å². The molecule has 0 unspecified atom stereocenters. The van der Waals surface area contributed by atoms with Crippen LogP contribution >= 0.6 is 12.4 Å². The van der Waals surface area contributed by atoms with Crippen LogP contribution in [0.5, 0.6) is 0 Å². The predicted octanol–water partition coefficient (Wildman–Crippen LogP) is 2.92. The molecule has 1 aromatic rings. The number of halogens is 1. The molecule has 144 valence electrons. The first-order chi connectivity index (χ1) is 12.2. The normalized spacial score (nSPS) is 28.0. The van der Waals surface area contributed by atoms with Crippen molar-refractivity contribution in [2.75, 3.05) is 39.4 Å². The molecule has 0 aromatic heterocycles. The van der Waals surface area contributed by atoms with Crippen LogP contribution in [0.4, 0.5) is 0 Å². The lowest BCUT2D eigenvalue weighted by Crippen LogP contribution is -2.50. The van der Waals surface area contributed by atoms with Gasteiger partial charge in [-0.15, -0.1) is 12.4 Å². The number of benzene rings is 1. The van der Waals surface area contributed by atoms with Crippen molar-refractivity contribution in [1.29, 1.82) is 0 Å². The molecule has 0 aliphatic carbocycles. The second-order valence-electron chi connectivity index (χ2n) is 8.11. The second kappa shape index (κ2) is 8.28. The molecule has 0 spiro atoms. The summed E-state index contributed by atoms with van der Waals surface area (Å²) in [5.41, 5.74) is 2.04. The van der Waals surface area contributed by atoms with Crippen molar-refractivity contribution in [3.05, 3.63) is 35.4 Å². The molecule has 3 aliphatic heterocycles. The maximum atomic E-state index is 13.7. The van der Waals surface area contributed by atoms with E-state index in [0.29, 0.717) is 19.1 Å². The van der Waals surface area contributed by atoms with Crippen LogP contribution in [0.3, 0.4) is 0 Å². The summed E-state index contributed by atoms with van der Waals surface area (Å²) in [6, 6.07) is 8.60. The van der Waals surface area contributed by atoms with E-state index in [4.69, 9.17) is 4.74 Å². The number of rotatable bonds is 2. The van der Waals surface area contributed by atoms with E-state index in [1.165, 1.54) is 11.1 Å². The zero-order valence-corrected chi connectivity index (χ0v) is 16.5. The third-order valence-electron chi connectivity index (χ3n) is 6.67. The van der Waals surface area contributed by atoms with E-state index in [1.54, 1.807) is 0 Å². The maximum Gasteiger partial charge on any atom is 0.233 e. The van der Waals surface area contributed by atoms with Crippen LogP contribution in [0, 0.1) is 18.8 Å². The molecule has 3 aliphatic rings. The molecular formula is C21H31ClN2O2. The minimum absolute atomic E-state index is 0. The van der Waals surface area contributed by atoms with Crippen molar-refractivity contribution < 1.29 is 9.53 Å². The zero-order chi connectivity index (χ0) is 17.3. The van der Waals surface area contributed by atoms with Gasteiger partial charge in [0.25, 0.3) is 0 Å². The smallest absolute Gasteiger partial charge is 0.233 e. The number of fused-ring (bicyclic) bond motifs is 1. The predicted molar refractivity (Wildman–Crippen MR) is 106 cm³/mol. The highest BCUT2D eigenvalue weighted by Crippen LogP contribution is 2.38. The van der Waals surface area contributed by atoms with Crippen LogP contribution in [0.2, 0.25) is 0 Å². The second-order valence-corrected chi connectivity index (χ2v) is 8.11. The number of hydrogen-bond donors (Lipinski definition) is 1. The Labute approximate surface area is 163 Å². The first kappa shape index (κ1) is 19.7. The molecule has 1 N–H and O–H groups in total. The Hall–Kier alpha value is -1.10. The van der Waals surface area contributed by atoms with Gasteiger partial charge in [-0.1, -0.05) is 29.8 Å². The first-order valence-electron chi connectivity index (χ1n) is 9.84. The molecule has 2 atom stereocenters. The molecule has 0 bridgehead atoms. The topological polar surface area (TPSA) is 41.6 Å². The minimum Gasteiger partial charge on any atom is -0.381 e. The van der Waals surface area contributed by atoms with Crippen molar-refractivity contribution in [1.82, 2.24) is 10.2 Å². The largest absolute Gasteiger partial charge is 0.381 e. The fourth-order valence-electron chi connectivity index (χ4n) is 4.94. The fraction of sp³-hybridized carbons (Fsp3) is 0.667. The van der Waals surface area contributed by atoms with E-state index >= 15 is 0 Å². The first-order valence-corrected chi connectivity index (χ1v) is 9.84. The monoisotopic (exact) mass is 378 g/mol. The van der Waals surface area contributed by atoms with Gasteiger partial charge in [0.2, 0.25) is 5.91 Å². The Morgan fingerprint density at radius 3 is 2.23 bits per heavy atom. The summed E-state index contributed by atoms with van der Waals surface area (Å²) in [5, 5.41) is 3.52. The van der Waals surface area contributed by atoms with Crippen molar-refractivity contribution >= 4 is 18.3 Å². The van der Waals surface area contributed by atoms with E-state index < -0.39 is 0 Å². The fourth-order valence-corrected chi connectivity index (χ4v) is 4.94. The number of aryl methyl sites for hydroxylation is 1. The van der Waals surface area contributed by atoms with Crippen LogP contribution < -0.4 is 5.32 Å². The Bertz CT molecular complexity index is 599. The van der Waals surface area contributed by atoms with Gasteiger partial charge in [0, 0.05) is 26.3 Å². The lowest BCUT2D eigenvalue weighted by molar-refractivity contribution is -0.141. The van der Waals surface area contributed by atoms with Gasteiger partial charge in [0.15, 0.2) is 0 Å². The Balaban J connectivity index is 0.00000196. The van der Waals surface area contributed by atoms with E-state index in [-0.39, 0.29) is 17.8 Å². The summed E-state index contributed by atoms with van der Waals surface area (Å²) in [5.74, 6) is 1.85. The quantitative estimate of drug-likeness (QED) is 0.860. The Kier molecular flexibility index (Phi) is 6.26. The van der Waals surface area contributed by atoms with Crippen LogP contribution in [0.15, 0.2) is 24.3 Å². The molecule has 3 heterocycles. The Morgan fingerprint density at radius 1 is 1.08 bits per heavy atom. The Morgan fingerprint density at radius 2 is 1.65 bits per heavy atom. The number of amides is 1. The summed E-state index contributed by atoms with van der Waals surface area (Å²) in [6.07, 6.45) is 3.90. The molecule has 5 heteroatoms. The summed E-state index contributed by atoms with van der Waals surface area (Å²) in [4.78, 5) is 15.9. The van der Waals surface area contributed by atoms with Gasteiger partial charge in [-0.05, 0) is 63.1 Å². The standard InChI is InChI=1S/C21H30N2O2.ClH/c1-16-2-4-19(5-3-16)21(8-12-25-13-9-21)20(24)23-10-6-17-14-22-15-18(17)7-11-23;/h2-5,17-18,22H,6-15H2,1H3;1H/t17-,18+;. The van der Waals surface area contributed by atoms with Gasteiger partial charge in [-0.25, -0.2) is 0 Å². The number of likely N-dealkylation sites (tertiary alicyclic amines) is 1. The number of ether oxygens (including phenoxy) is 1. The number of hydrogen-bond acceptors (Lipinski definition) is 3. The maximum absolute atomic E-state index is 13.7. The van der Waals surface area contributed by atoms with E-state index in [0.717, 1.165) is 63.7 Å². The molecule has 0 radical (unpaired) electrons. The van der Waals surface area contributed by atoms with Gasteiger partial charge in [0.1, 0.15) is 0 Å². The van der Waals surface area contributed by atoms with Crippen LogP contribution in [0.1, 0.15) is 36.8 Å².